The summed E-state index contributed by atoms with van der Waals surface area (Å²) in [5, 5.41) is 0. The third-order valence-electron chi connectivity index (χ3n) is 2.39. The van der Waals surface area contributed by atoms with Crippen LogP contribution in [0.1, 0.15) is 0 Å². The Bertz CT molecular complexity index is 111. The van der Waals surface area contributed by atoms with Crippen LogP contribution in [-0.4, -0.2) is 58.1 Å². The Morgan fingerprint density at radius 2 is 2.00 bits per heavy atom. The van der Waals surface area contributed by atoms with Gasteiger partial charge in [0.1, 0.15) is 19.6 Å². The normalized spacial score (nSPS) is 23.5. The van der Waals surface area contributed by atoms with E-state index in [0.29, 0.717) is 0 Å². The van der Waals surface area contributed by atoms with Crippen LogP contribution in [-0.2, 0) is 9.47 Å². The zero-order chi connectivity index (χ0) is 8.16. The molecule has 1 aliphatic rings. The van der Waals surface area contributed by atoms with Crippen molar-refractivity contribution in [3.8, 4) is 0 Å². The Kier molecular flexibility index (Phi) is 3.30. The molecule has 0 unspecified atom stereocenters. The van der Waals surface area contributed by atoms with Gasteiger partial charge in [0.2, 0.25) is 0 Å². The van der Waals surface area contributed by atoms with Crippen LogP contribution < -0.4 is 0 Å². The molecule has 0 saturated carbocycles. The van der Waals surface area contributed by atoms with Crippen molar-refractivity contribution >= 4 is 0 Å². The third-order valence-corrected chi connectivity index (χ3v) is 2.39. The van der Waals surface area contributed by atoms with Crippen molar-refractivity contribution in [1.82, 2.24) is 0 Å². The van der Waals surface area contributed by atoms with Crippen LogP contribution in [0.2, 0.25) is 0 Å². The maximum absolute atomic E-state index is 5.29. The second kappa shape index (κ2) is 4.04. The van der Waals surface area contributed by atoms with Crippen LogP contribution in [0.5, 0.6) is 0 Å². The van der Waals surface area contributed by atoms with E-state index in [9.17, 15) is 0 Å². The first-order valence-corrected chi connectivity index (χ1v) is 4.17. The molecule has 0 aromatic carbocycles. The minimum Gasteiger partial charge on any atom is -0.379 e. The molecule has 66 valence electrons. The lowest BCUT2D eigenvalue weighted by Crippen LogP contribution is -2.53. The molecule has 11 heavy (non-hydrogen) atoms. The molecule has 0 aliphatic carbocycles. The summed E-state index contributed by atoms with van der Waals surface area (Å²) < 4.78 is 11.4. The molecule has 1 rings (SSSR count). The number of quaternary nitrogens is 1. The van der Waals surface area contributed by atoms with Gasteiger partial charge in [-0.3, -0.25) is 0 Å². The number of rotatable bonds is 3. The van der Waals surface area contributed by atoms with Crippen molar-refractivity contribution < 1.29 is 14.0 Å². The molecule has 0 atom stereocenters. The molecule has 1 aliphatic heterocycles. The van der Waals surface area contributed by atoms with E-state index in [4.69, 9.17) is 9.47 Å². The van der Waals surface area contributed by atoms with E-state index in [1.54, 1.807) is 7.11 Å². The predicted octanol–water partition coefficient (Wildman–Crippen LogP) is 0.110. The fourth-order valence-corrected chi connectivity index (χ4v) is 1.32. The minimum absolute atomic E-state index is 0.858. The van der Waals surface area contributed by atoms with E-state index in [2.05, 4.69) is 7.05 Å². The van der Waals surface area contributed by atoms with Crippen molar-refractivity contribution in [2.45, 2.75) is 0 Å². The van der Waals surface area contributed by atoms with E-state index in [1.807, 2.05) is 0 Å². The Balaban J connectivity index is 2.25. The molecule has 0 amide bonds. The molecule has 0 spiro atoms. The maximum atomic E-state index is 5.29. The van der Waals surface area contributed by atoms with Gasteiger partial charge in [0, 0.05) is 7.11 Å². The molecule has 0 aromatic rings. The van der Waals surface area contributed by atoms with E-state index in [0.717, 1.165) is 43.9 Å². The Hall–Kier alpha value is -0.120. The largest absolute Gasteiger partial charge is 0.379 e. The zero-order valence-corrected chi connectivity index (χ0v) is 7.51. The van der Waals surface area contributed by atoms with E-state index in [1.165, 1.54) is 0 Å². The molecule has 3 heteroatoms. The number of hydrogen-bond acceptors (Lipinski definition) is 2. The molecule has 1 heterocycles. The maximum Gasteiger partial charge on any atom is 0.102 e. The van der Waals surface area contributed by atoms with Crippen LogP contribution in [0.4, 0.5) is 0 Å². The summed E-state index contributed by atoms with van der Waals surface area (Å²) in [5.41, 5.74) is 0. The lowest BCUT2D eigenvalue weighted by molar-refractivity contribution is -0.917. The van der Waals surface area contributed by atoms with Gasteiger partial charge in [0.25, 0.3) is 0 Å². The van der Waals surface area contributed by atoms with Crippen molar-refractivity contribution in [3.63, 3.8) is 0 Å². The SMILES string of the molecule is COCC[N+]1(C)CCOCC1. The topological polar surface area (TPSA) is 18.5 Å². The monoisotopic (exact) mass is 160 g/mol. The summed E-state index contributed by atoms with van der Waals surface area (Å²) in [7, 11) is 4.02. The van der Waals surface area contributed by atoms with Crippen LogP contribution in [0.25, 0.3) is 0 Å². The zero-order valence-electron chi connectivity index (χ0n) is 7.51. The second-order valence-electron chi connectivity index (χ2n) is 3.40. The van der Waals surface area contributed by atoms with Crippen LogP contribution in [0.3, 0.4) is 0 Å². The highest BCUT2D eigenvalue weighted by molar-refractivity contribution is 4.45. The molecular formula is C8H18NO2+. The van der Waals surface area contributed by atoms with Gasteiger partial charge in [-0.25, -0.2) is 0 Å². The first-order valence-electron chi connectivity index (χ1n) is 4.17. The van der Waals surface area contributed by atoms with Gasteiger partial charge in [-0.15, -0.1) is 0 Å². The van der Waals surface area contributed by atoms with Crippen LogP contribution in [0.15, 0.2) is 0 Å². The number of morpholine rings is 1. The molecule has 0 aromatic heterocycles. The number of ether oxygens (including phenoxy) is 2. The summed E-state index contributed by atoms with van der Waals surface area (Å²) >= 11 is 0. The molecule has 1 saturated heterocycles. The van der Waals surface area contributed by atoms with Crippen molar-refractivity contribution in [2.24, 2.45) is 0 Å². The van der Waals surface area contributed by atoms with Gasteiger partial charge in [0.15, 0.2) is 0 Å². The van der Waals surface area contributed by atoms with Gasteiger partial charge in [-0.05, 0) is 0 Å². The number of methoxy groups -OCH3 is 1. The smallest absolute Gasteiger partial charge is 0.102 e. The molecule has 0 radical (unpaired) electrons. The summed E-state index contributed by atoms with van der Waals surface area (Å²) in [6.45, 7) is 6.03. The second-order valence-corrected chi connectivity index (χ2v) is 3.40. The standard InChI is InChI=1S/C8H18NO2/c1-9(3-6-10-2)4-7-11-8-5-9/h3-8H2,1-2H3/q+1. The van der Waals surface area contributed by atoms with Crippen molar-refractivity contribution in [1.29, 1.82) is 0 Å². The molecule has 3 nitrogen and oxygen atoms in total. The highest BCUT2D eigenvalue weighted by Gasteiger charge is 2.24. The number of nitrogens with zero attached hydrogens (tertiary/aromatic N) is 1. The van der Waals surface area contributed by atoms with E-state index >= 15 is 0 Å². The highest BCUT2D eigenvalue weighted by Crippen LogP contribution is 2.06. The van der Waals surface area contributed by atoms with Gasteiger partial charge in [-0.2, -0.15) is 0 Å². The summed E-state index contributed by atoms with van der Waals surface area (Å²) in [5.74, 6) is 0. The molecule has 0 bridgehead atoms. The first-order chi connectivity index (χ1) is 5.27. The van der Waals surface area contributed by atoms with Gasteiger partial charge >= 0.3 is 0 Å². The highest BCUT2D eigenvalue weighted by atomic mass is 16.5. The lowest BCUT2D eigenvalue weighted by Gasteiger charge is -2.37. The quantitative estimate of drug-likeness (QED) is 0.546. The molecular weight excluding hydrogens is 142 g/mol. The van der Waals surface area contributed by atoms with Gasteiger partial charge in [-0.1, -0.05) is 0 Å². The Morgan fingerprint density at radius 3 is 2.55 bits per heavy atom. The fraction of sp³-hybridized carbons (Fsp3) is 1.00. The van der Waals surface area contributed by atoms with Gasteiger partial charge < -0.3 is 14.0 Å². The lowest BCUT2D eigenvalue weighted by atomic mass is 10.3. The number of hydrogen-bond donors (Lipinski definition) is 0. The van der Waals surface area contributed by atoms with Crippen LogP contribution >= 0.6 is 0 Å². The first kappa shape index (κ1) is 8.97. The Labute approximate surface area is 68.5 Å². The van der Waals surface area contributed by atoms with E-state index in [-0.39, 0.29) is 0 Å². The summed E-state index contributed by atoms with van der Waals surface area (Å²) in [6, 6.07) is 0. The van der Waals surface area contributed by atoms with Gasteiger partial charge in [0.05, 0.1) is 26.9 Å². The predicted molar refractivity (Wildman–Crippen MR) is 43.5 cm³/mol. The number of likely N-dealkylation sites (N-methyl/N-ethyl adjacent to an activating group) is 1. The third kappa shape index (κ3) is 2.77. The average Bonchev–Trinajstić information content (AvgIpc) is 2.03. The fourth-order valence-electron chi connectivity index (χ4n) is 1.32. The molecule has 1 fully saturated rings. The summed E-state index contributed by atoms with van der Waals surface area (Å²) in [4.78, 5) is 0. The minimum atomic E-state index is 0.858. The van der Waals surface area contributed by atoms with Crippen molar-refractivity contribution in [2.75, 3.05) is 53.6 Å². The molecule has 0 N–H and O–H groups in total. The van der Waals surface area contributed by atoms with Crippen LogP contribution in [0, 0.1) is 0 Å². The van der Waals surface area contributed by atoms with E-state index < -0.39 is 0 Å². The Morgan fingerprint density at radius 1 is 1.36 bits per heavy atom. The van der Waals surface area contributed by atoms with Crippen molar-refractivity contribution in [3.05, 3.63) is 0 Å². The summed E-state index contributed by atoms with van der Waals surface area (Å²) in [6.07, 6.45) is 0. The average molecular weight is 160 g/mol.